The van der Waals surface area contributed by atoms with Gasteiger partial charge in [0.25, 0.3) is 5.56 Å². The van der Waals surface area contributed by atoms with Crippen LogP contribution < -0.4 is 11.2 Å². The van der Waals surface area contributed by atoms with Crippen molar-refractivity contribution in [2.75, 3.05) is 0 Å². The number of aromatic hydroxyl groups is 1. The summed E-state index contributed by atoms with van der Waals surface area (Å²) in [6.07, 6.45) is 0. The van der Waals surface area contributed by atoms with Gasteiger partial charge in [0, 0.05) is 10.0 Å². The molecule has 2 rings (SSSR count). The Kier molecular flexibility index (Phi) is 4.32. The van der Waals surface area contributed by atoms with Gasteiger partial charge in [-0.25, -0.2) is 4.79 Å². The molecular weight excluding hydrogens is 352 g/mol. The van der Waals surface area contributed by atoms with Crippen molar-refractivity contribution in [1.29, 1.82) is 0 Å². The Morgan fingerprint density at radius 3 is 2.27 bits per heavy atom. The van der Waals surface area contributed by atoms with Crippen LogP contribution in [0.1, 0.15) is 20.8 Å². The summed E-state index contributed by atoms with van der Waals surface area (Å²) in [6, 6.07) is 6.93. The van der Waals surface area contributed by atoms with Crippen molar-refractivity contribution >= 4 is 27.3 Å². The van der Waals surface area contributed by atoms with Gasteiger partial charge in [0.05, 0.1) is 5.69 Å². The van der Waals surface area contributed by atoms with E-state index < -0.39 is 22.7 Å². The average Bonchev–Trinajstić information content (AvgIpc) is 2.38. The topological polar surface area (TPSA) is 99.8 Å². The number of aromatic nitrogens is 2. The molecule has 1 aromatic carbocycles. The Balaban J connectivity index is 2.54. The number of nitrogens with zero attached hydrogens (tertiary/aromatic N) is 3. The minimum Gasteiger partial charge on any atom is -0.493 e. The van der Waals surface area contributed by atoms with E-state index in [1.807, 2.05) is 0 Å². The smallest absolute Gasteiger partial charge is 0.331 e. The van der Waals surface area contributed by atoms with E-state index in [-0.39, 0.29) is 5.69 Å². The quantitative estimate of drug-likeness (QED) is 0.798. The fourth-order valence-corrected chi connectivity index (χ4v) is 2.11. The second-order valence-corrected chi connectivity index (χ2v) is 6.53. The molecular formula is C14H15BrN4O3. The molecule has 2 aromatic rings. The molecule has 0 bridgehead atoms. The summed E-state index contributed by atoms with van der Waals surface area (Å²) in [6.45, 7) is 5.17. The first kappa shape index (κ1) is 16.2. The zero-order chi connectivity index (χ0) is 16.5. The maximum Gasteiger partial charge on any atom is 0.331 e. The number of hydrogen-bond donors (Lipinski definition) is 2. The van der Waals surface area contributed by atoms with Gasteiger partial charge in [0.2, 0.25) is 11.6 Å². The lowest BCUT2D eigenvalue weighted by atomic mass is 10.1. The van der Waals surface area contributed by atoms with Crippen molar-refractivity contribution in [2.45, 2.75) is 26.3 Å². The molecule has 0 radical (unpaired) electrons. The minimum absolute atomic E-state index is 0.308. The molecule has 0 aliphatic carbocycles. The number of halogens is 1. The van der Waals surface area contributed by atoms with E-state index in [9.17, 15) is 14.7 Å². The van der Waals surface area contributed by atoms with Crippen LogP contribution in [0.3, 0.4) is 0 Å². The number of H-pyrrole nitrogens is 1. The molecule has 0 saturated heterocycles. The zero-order valence-electron chi connectivity index (χ0n) is 12.3. The number of nitrogens with one attached hydrogen (secondary N) is 1. The third-order valence-corrected chi connectivity index (χ3v) is 3.35. The van der Waals surface area contributed by atoms with Gasteiger partial charge in [-0.1, -0.05) is 15.9 Å². The molecule has 0 atom stereocenters. The standard InChI is InChI=1S/C14H15BrN4O3/c1-14(2,3)19-12(21)10(11(20)16-13(19)22)18-17-9-6-4-8(15)5-7-9/h4-7,21H,1-3H3,(H,16,20,22). The predicted octanol–water partition coefficient (Wildman–Crippen LogP) is 3.18. The van der Waals surface area contributed by atoms with Crippen LogP contribution in [0.15, 0.2) is 48.6 Å². The Morgan fingerprint density at radius 1 is 1.14 bits per heavy atom. The van der Waals surface area contributed by atoms with E-state index in [0.717, 1.165) is 9.04 Å². The number of azo groups is 1. The fourth-order valence-electron chi connectivity index (χ4n) is 1.84. The highest BCUT2D eigenvalue weighted by Crippen LogP contribution is 2.27. The fraction of sp³-hybridized carbons (Fsp3) is 0.286. The highest BCUT2D eigenvalue weighted by molar-refractivity contribution is 9.10. The van der Waals surface area contributed by atoms with Gasteiger partial charge in [-0.2, -0.15) is 5.11 Å². The van der Waals surface area contributed by atoms with Crippen molar-refractivity contribution in [3.8, 4) is 5.88 Å². The summed E-state index contributed by atoms with van der Waals surface area (Å²) in [5.74, 6) is -0.512. The van der Waals surface area contributed by atoms with E-state index in [2.05, 4.69) is 31.1 Å². The first-order chi connectivity index (χ1) is 10.2. The second-order valence-electron chi connectivity index (χ2n) is 5.61. The van der Waals surface area contributed by atoms with Crippen molar-refractivity contribution in [3.63, 3.8) is 0 Å². The molecule has 0 saturated carbocycles. The molecule has 0 fully saturated rings. The summed E-state index contributed by atoms with van der Waals surface area (Å²) >= 11 is 3.30. The molecule has 7 nitrogen and oxygen atoms in total. The van der Waals surface area contributed by atoms with Crippen LogP contribution >= 0.6 is 15.9 Å². The summed E-state index contributed by atoms with van der Waals surface area (Å²) < 4.78 is 1.94. The molecule has 0 spiro atoms. The SMILES string of the molecule is CC(C)(C)n1c(O)c(N=Nc2ccc(Br)cc2)c(=O)[nH]c1=O. The first-order valence-corrected chi connectivity index (χ1v) is 7.25. The van der Waals surface area contributed by atoms with Gasteiger partial charge in [0.15, 0.2) is 0 Å². The largest absolute Gasteiger partial charge is 0.493 e. The molecule has 1 aromatic heterocycles. The lowest BCUT2D eigenvalue weighted by Crippen LogP contribution is -2.38. The number of hydrogen-bond acceptors (Lipinski definition) is 5. The molecule has 0 amide bonds. The molecule has 2 N–H and O–H groups in total. The lowest BCUT2D eigenvalue weighted by Gasteiger charge is -2.23. The Bertz CT molecular complexity index is 829. The van der Waals surface area contributed by atoms with E-state index >= 15 is 0 Å². The van der Waals surface area contributed by atoms with E-state index in [0.29, 0.717) is 5.69 Å². The molecule has 116 valence electrons. The first-order valence-electron chi connectivity index (χ1n) is 6.46. The molecule has 0 unspecified atom stereocenters. The highest BCUT2D eigenvalue weighted by atomic mass is 79.9. The normalized spacial score (nSPS) is 12.0. The molecule has 0 aliphatic heterocycles. The maximum absolute atomic E-state index is 11.8. The van der Waals surface area contributed by atoms with Gasteiger partial charge < -0.3 is 5.11 Å². The van der Waals surface area contributed by atoms with E-state index in [4.69, 9.17) is 0 Å². The van der Waals surface area contributed by atoms with Gasteiger partial charge in [-0.3, -0.25) is 14.3 Å². The summed E-state index contributed by atoms with van der Waals surface area (Å²) in [5, 5.41) is 17.9. The average molecular weight is 367 g/mol. The van der Waals surface area contributed by atoms with Gasteiger partial charge in [-0.15, -0.1) is 5.11 Å². The predicted molar refractivity (Wildman–Crippen MR) is 86.3 cm³/mol. The minimum atomic E-state index is -0.788. The van der Waals surface area contributed by atoms with Crippen LogP contribution in [0, 0.1) is 0 Å². The molecule has 22 heavy (non-hydrogen) atoms. The van der Waals surface area contributed by atoms with E-state index in [1.54, 1.807) is 45.0 Å². The third-order valence-electron chi connectivity index (χ3n) is 2.83. The summed E-state index contributed by atoms with van der Waals surface area (Å²) in [4.78, 5) is 25.8. The van der Waals surface area contributed by atoms with Gasteiger partial charge in [-0.05, 0) is 45.0 Å². The van der Waals surface area contributed by atoms with Crippen LogP contribution in [0.5, 0.6) is 5.88 Å². The van der Waals surface area contributed by atoms with E-state index in [1.165, 1.54) is 0 Å². The van der Waals surface area contributed by atoms with Crippen molar-refractivity contribution in [3.05, 3.63) is 49.6 Å². The number of aromatic amines is 1. The van der Waals surface area contributed by atoms with Crippen LogP contribution in [-0.4, -0.2) is 14.7 Å². The molecule has 1 heterocycles. The third kappa shape index (κ3) is 3.33. The maximum atomic E-state index is 11.8. The Morgan fingerprint density at radius 2 is 1.73 bits per heavy atom. The van der Waals surface area contributed by atoms with Crippen molar-refractivity contribution in [2.24, 2.45) is 10.2 Å². The van der Waals surface area contributed by atoms with Crippen LogP contribution in [0.4, 0.5) is 11.4 Å². The Labute approximate surface area is 134 Å². The summed E-state index contributed by atoms with van der Waals surface area (Å²) in [7, 11) is 0. The van der Waals surface area contributed by atoms with Crippen molar-refractivity contribution in [1.82, 2.24) is 9.55 Å². The van der Waals surface area contributed by atoms with Crippen LogP contribution in [0.2, 0.25) is 0 Å². The van der Waals surface area contributed by atoms with Gasteiger partial charge >= 0.3 is 5.69 Å². The summed E-state index contributed by atoms with van der Waals surface area (Å²) in [5.41, 5.74) is -2.00. The van der Waals surface area contributed by atoms with Crippen LogP contribution in [-0.2, 0) is 5.54 Å². The zero-order valence-corrected chi connectivity index (χ0v) is 13.9. The number of rotatable bonds is 2. The van der Waals surface area contributed by atoms with Crippen LogP contribution in [0.25, 0.3) is 0 Å². The lowest BCUT2D eigenvalue weighted by molar-refractivity contribution is 0.307. The van der Waals surface area contributed by atoms with Crippen molar-refractivity contribution < 1.29 is 5.11 Å². The Hall–Kier alpha value is -2.22. The number of benzene rings is 1. The highest BCUT2D eigenvalue weighted by Gasteiger charge is 2.23. The second kappa shape index (κ2) is 5.88. The van der Waals surface area contributed by atoms with Gasteiger partial charge in [0.1, 0.15) is 0 Å². The monoisotopic (exact) mass is 366 g/mol. The molecule has 0 aliphatic rings. The molecule has 8 heteroatoms.